The van der Waals surface area contributed by atoms with Crippen molar-refractivity contribution in [3.63, 3.8) is 0 Å². The van der Waals surface area contributed by atoms with Crippen molar-refractivity contribution in [1.29, 1.82) is 0 Å². The van der Waals surface area contributed by atoms with Crippen LogP contribution in [0.5, 0.6) is 5.75 Å². The Morgan fingerprint density at radius 3 is 2.67 bits per heavy atom. The first kappa shape index (κ1) is 22.3. The highest BCUT2D eigenvalue weighted by molar-refractivity contribution is 7.89. The highest BCUT2D eigenvalue weighted by Gasteiger charge is 2.31. The van der Waals surface area contributed by atoms with Gasteiger partial charge in [0.1, 0.15) is 5.75 Å². The van der Waals surface area contributed by atoms with Gasteiger partial charge < -0.3 is 9.64 Å². The van der Waals surface area contributed by atoms with Crippen LogP contribution in [0, 0.1) is 0 Å². The maximum Gasteiger partial charge on any atom is 0.253 e. The molecule has 2 aromatic rings. The van der Waals surface area contributed by atoms with Crippen LogP contribution in [0.3, 0.4) is 0 Å². The van der Waals surface area contributed by atoms with Gasteiger partial charge in [-0.15, -0.1) is 0 Å². The number of benzene rings is 2. The molecule has 0 bridgehead atoms. The molecule has 1 unspecified atom stereocenters. The van der Waals surface area contributed by atoms with E-state index < -0.39 is 10.0 Å². The Kier molecular flexibility index (Phi) is 7.15. The number of nitrogens with zero attached hydrogens (tertiary/aromatic N) is 2. The SMILES string of the molecule is CCOc1ccccc1CN(C)C(=O)c1cccc(S(=O)(=O)N2CCCCC2C)c1. The topological polar surface area (TPSA) is 66.9 Å². The summed E-state index contributed by atoms with van der Waals surface area (Å²) in [5, 5.41) is 0. The molecule has 162 valence electrons. The van der Waals surface area contributed by atoms with Gasteiger partial charge in [0.15, 0.2) is 0 Å². The first-order valence-corrected chi connectivity index (χ1v) is 11.9. The van der Waals surface area contributed by atoms with Gasteiger partial charge in [0, 0.05) is 37.3 Å². The highest BCUT2D eigenvalue weighted by Crippen LogP contribution is 2.26. The number of para-hydroxylation sites is 1. The molecule has 3 rings (SSSR count). The van der Waals surface area contributed by atoms with E-state index in [1.165, 1.54) is 6.07 Å². The zero-order chi connectivity index (χ0) is 21.7. The third-order valence-corrected chi connectivity index (χ3v) is 7.47. The van der Waals surface area contributed by atoms with E-state index in [4.69, 9.17) is 4.74 Å². The van der Waals surface area contributed by atoms with E-state index in [0.717, 1.165) is 30.6 Å². The van der Waals surface area contributed by atoms with Crippen molar-refractivity contribution in [1.82, 2.24) is 9.21 Å². The van der Waals surface area contributed by atoms with Crippen LogP contribution in [0.4, 0.5) is 0 Å². The van der Waals surface area contributed by atoms with Crippen molar-refractivity contribution in [3.05, 3.63) is 59.7 Å². The molecule has 0 radical (unpaired) electrons. The van der Waals surface area contributed by atoms with Gasteiger partial charge in [-0.05, 0) is 51.0 Å². The van der Waals surface area contributed by atoms with E-state index in [-0.39, 0.29) is 16.8 Å². The van der Waals surface area contributed by atoms with Crippen LogP contribution in [0.1, 0.15) is 49.0 Å². The molecular weight excluding hydrogens is 400 g/mol. The Morgan fingerprint density at radius 1 is 1.17 bits per heavy atom. The summed E-state index contributed by atoms with van der Waals surface area (Å²) in [5.74, 6) is 0.514. The number of piperidine rings is 1. The summed E-state index contributed by atoms with van der Waals surface area (Å²) in [6, 6.07) is 13.9. The molecule has 1 atom stereocenters. The first-order valence-electron chi connectivity index (χ1n) is 10.4. The lowest BCUT2D eigenvalue weighted by molar-refractivity contribution is 0.0783. The van der Waals surface area contributed by atoms with E-state index in [2.05, 4.69) is 0 Å². The van der Waals surface area contributed by atoms with Crippen molar-refractivity contribution in [3.8, 4) is 5.75 Å². The predicted molar refractivity (Wildman–Crippen MR) is 117 cm³/mol. The van der Waals surface area contributed by atoms with Gasteiger partial charge in [-0.3, -0.25) is 4.79 Å². The fraction of sp³-hybridized carbons (Fsp3) is 0.435. The smallest absolute Gasteiger partial charge is 0.253 e. The number of ether oxygens (including phenoxy) is 1. The summed E-state index contributed by atoms with van der Waals surface area (Å²) in [5.41, 5.74) is 1.26. The second-order valence-corrected chi connectivity index (χ2v) is 9.58. The summed E-state index contributed by atoms with van der Waals surface area (Å²) in [7, 11) is -1.92. The van der Waals surface area contributed by atoms with Gasteiger partial charge in [0.25, 0.3) is 5.91 Å². The maximum absolute atomic E-state index is 13.1. The van der Waals surface area contributed by atoms with Crippen molar-refractivity contribution >= 4 is 15.9 Å². The van der Waals surface area contributed by atoms with Crippen molar-refractivity contribution in [2.24, 2.45) is 0 Å². The molecule has 0 N–H and O–H groups in total. The van der Waals surface area contributed by atoms with Crippen LogP contribution in [0.2, 0.25) is 0 Å². The minimum Gasteiger partial charge on any atom is -0.494 e. The molecular formula is C23H30N2O4S. The van der Waals surface area contributed by atoms with Crippen LogP contribution in [-0.4, -0.2) is 49.8 Å². The number of sulfonamides is 1. The standard InChI is InChI=1S/C23H30N2O4S/c1-4-29-22-14-6-5-11-20(22)17-24(3)23(26)19-12-9-13-21(16-19)30(27,28)25-15-8-7-10-18(25)2/h5-6,9,11-14,16,18H,4,7-8,10,15,17H2,1-3H3. The molecule has 1 aliphatic rings. The van der Waals surface area contributed by atoms with Crippen molar-refractivity contribution < 1.29 is 17.9 Å². The molecule has 0 spiro atoms. The van der Waals surface area contributed by atoms with Crippen molar-refractivity contribution in [2.75, 3.05) is 20.2 Å². The fourth-order valence-electron chi connectivity index (χ4n) is 3.83. The number of carbonyl (C=O) groups excluding carboxylic acids is 1. The predicted octanol–water partition coefficient (Wildman–Crippen LogP) is 3.92. The molecule has 1 heterocycles. The zero-order valence-electron chi connectivity index (χ0n) is 17.9. The minimum absolute atomic E-state index is 0.0270. The third kappa shape index (κ3) is 4.84. The normalized spacial score (nSPS) is 17.5. The minimum atomic E-state index is -3.62. The molecule has 30 heavy (non-hydrogen) atoms. The average Bonchev–Trinajstić information content (AvgIpc) is 2.75. The summed E-state index contributed by atoms with van der Waals surface area (Å²) >= 11 is 0. The zero-order valence-corrected chi connectivity index (χ0v) is 18.7. The van der Waals surface area contributed by atoms with Gasteiger partial charge in [0.2, 0.25) is 10.0 Å². The second kappa shape index (κ2) is 9.62. The molecule has 6 nitrogen and oxygen atoms in total. The van der Waals surface area contributed by atoms with Gasteiger partial charge in [-0.1, -0.05) is 30.7 Å². The van der Waals surface area contributed by atoms with E-state index in [0.29, 0.717) is 25.3 Å². The van der Waals surface area contributed by atoms with Crippen LogP contribution in [-0.2, 0) is 16.6 Å². The van der Waals surface area contributed by atoms with E-state index in [1.807, 2.05) is 38.1 Å². The summed E-state index contributed by atoms with van der Waals surface area (Å²) in [6.07, 6.45) is 2.77. The molecule has 7 heteroatoms. The van der Waals surface area contributed by atoms with Gasteiger partial charge in [-0.2, -0.15) is 4.31 Å². The summed E-state index contributed by atoms with van der Waals surface area (Å²) < 4.78 is 33.5. The van der Waals surface area contributed by atoms with Crippen molar-refractivity contribution in [2.45, 2.75) is 50.6 Å². The molecule has 1 saturated heterocycles. The number of hydrogen-bond acceptors (Lipinski definition) is 4. The van der Waals surface area contributed by atoms with E-state index in [1.54, 1.807) is 34.5 Å². The summed E-state index contributed by atoms with van der Waals surface area (Å²) in [6.45, 7) is 5.30. The fourth-order valence-corrected chi connectivity index (χ4v) is 5.58. The number of carbonyl (C=O) groups is 1. The number of rotatable bonds is 7. The third-order valence-electron chi connectivity index (χ3n) is 5.46. The van der Waals surface area contributed by atoms with E-state index in [9.17, 15) is 13.2 Å². The molecule has 1 aliphatic heterocycles. The Labute approximate surface area is 179 Å². The van der Waals surface area contributed by atoms with Crippen LogP contribution >= 0.6 is 0 Å². The molecule has 2 aromatic carbocycles. The molecule has 0 aliphatic carbocycles. The quantitative estimate of drug-likeness (QED) is 0.668. The largest absolute Gasteiger partial charge is 0.494 e. The number of amides is 1. The van der Waals surface area contributed by atoms with Crippen LogP contribution in [0.25, 0.3) is 0 Å². The van der Waals surface area contributed by atoms with Gasteiger partial charge in [0.05, 0.1) is 11.5 Å². The molecule has 0 saturated carbocycles. The highest BCUT2D eigenvalue weighted by atomic mass is 32.2. The van der Waals surface area contributed by atoms with Gasteiger partial charge >= 0.3 is 0 Å². The van der Waals surface area contributed by atoms with Gasteiger partial charge in [-0.25, -0.2) is 8.42 Å². The molecule has 0 aromatic heterocycles. The van der Waals surface area contributed by atoms with Crippen LogP contribution in [0.15, 0.2) is 53.4 Å². The lowest BCUT2D eigenvalue weighted by Gasteiger charge is -2.32. The van der Waals surface area contributed by atoms with E-state index >= 15 is 0 Å². The number of hydrogen-bond donors (Lipinski definition) is 0. The Morgan fingerprint density at radius 2 is 1.93 bits per heavy atom. The Balaban J connectivity index is 1.81. The second-order valence-electron chi connectivity index (χ2n) is 7.69. The first-order chi connectivity index (χ1) is 14.3. The lowest BCUT2D eigenvalue weighted by Crippen LogP contribution is -2.42. The Hall–Kier alpha value is -2.38. The lowest BCUT2D eigenvalue weighted by atomic mass is 10.1. The molecule has 1 fully saturated rings. The Bertz CT molecular complexity index is 990. The van der Waals surface area contributed by atoms with Crippen LogP contribution < -0.4 is 4.74 Å². The monoisotopic (exact) mass is 430 g/mol. The molecule has 1 amide bonds. The average molecular weight is 431 g/mol. The maximum atomic E-state index is 13.1. The summed E-state index contributed by atoms with van der Waals surface area (Å²) in [4.78, 5) is 14.8.